The standard InChI is InChI=1S/C16H19NO3/c1-12-6-5-9-15(16(12)17)20-11-10-19-14-8-4-3-7-13(14)18-2/h3-9H,10-11,17H2,1-2H3. The third-order valence-corrected chi connectivity index (χ3v) is 2.95. The summed E-state index contributed by atoms with van der Waals surface area (Å²) >= 11 is 0. The van der Waals surface area contributed by atoms with Crippen LogP contribution >= 0.6 is 0 Å². The molecule has 0 saturated carbocycles. The normalized spacial score (nSPS) is 10.1. The molecular weight excluding hydrogens is 254 g/mol. The van der Waals surface area contributed by atoms with Crippen molar-refractivity contribution >= 4 is 5.69 Å². The lowest BCUT2D eigenvalue weighted by molar-refractivity contribution is 0.212. The molecule has 2 rings (SSSR count). The second-order valence-electron chi connectivity index (χ2n) is 4.33. The molecule has 0 spiro atoms. The van der Waals surface area contributed by atoms with Crippen molar-refractivity contribution in [2.45, 2.75) is 6.92 Å². The molecule has 106 valence electrons. The van der Waals surface area contributed by atoms with Crippen LogP contribution in [-0.4, -0.2) is 20.3 Å². The third kappa shape index (κ3) is 3.35. The molecule has 0 amide bonds. The molecule has 4 nitrogen and oxygen atoms in total. The van der Waals surface area contributed by atoms with Crippen molar-refractivity contribution in [3.8, 4) is 17.2 Å². The van der Waals surface area contributed by atoms with Gasteiger partial charge >= 0.3 is 0 Å². The second kappa shape index (κ2) is 6.70. The maximum Gasteiger partial charge on any atom is 0.161 e. The van der Waals surface area contributed by atoms with Crippen LogP contribution in [0.5, 0.6) is 17.2 Å². The fourth-order valence-corrected chi connectivity index (χ4v) is 1.82. The molecule has 2 aromatic rings. The van der Waals surface area contributed by atoms with Crippen LogP contribution in [0.4, 0.5) is 5.69 Å². The average Bonchev–Trinajstić information content (AvgIpc) is 2.48. The summed E-state index contributed by atoms with van der Waals surface area (Å²) in [6.45, 7) is 2.80. The number of benzene rings is 2. The van der Waals surface area contributed by atoms with E-state index in [0.717, 1.165) is 5.56 Å². The van der Waals surface area contributed by atoms with E-state index in [9.17, 15) is 0 Å². The molecule has 2 aromatic carbocycles. The number of nitrogen functional groups attached to an aromatic ring is 1. The minimum absolute atomic E-state index is 0.422. The molecule has 2 N–H and O–H groups in total. The van der Waals surface area contributed by atoms with Crippen LogP contribution in [-0.2, 0) is 0 Å². The van der Waals surface area contributed by atoms with Gasteiger partial charge in [0.15, 0.2) is 11.5 Å². The highest BCUT2D eigenvalue weighted by Gasteiger charge is 2.04. The zero-order valence-corrected chi connectivity index (χ0v) is 11.8. The van der Waals surface area contributed by atoms with Crippen molar-refractivity contribution in [3.05, 3.63) is 48.0 Å². The monoisotopic (exact) mass is 273 g/mol. The maximum atomic E-state index is 5.94. The van der Waals surface area contributed by atoms with Gasteiger partial charge in [-0.2, -0.15) is 0 Å². The van der Waals surface area contributed by atoms with Gasteiger partial charge in [0.1, 0.15) is 19.0 Å². The summed E-state index contributed by atoms with van der Waals surface area (Å²) in [5, 5.41) is 0. The summed E-state index contributed by atoms with van der Waals surface area (Å²) in [6.07, 6.45) is 0. The first-order valence-corrected chi connectivity index (χ1v) is 6.46. The molecule has 0 unspecified atom stereocenters. The lowest BCUT2D eigenvalue weighted by Crippen LogP contribution is -2.10. The molecule has 0 aliphatic heterocycles. The van der Waals surface area contributed by atoms with Crippen LogP contribution in [0.25, 0.3) is 0 Å². The predicted octanol–water partition coefficient (Wildman–Crippen LogP) is 3.04. The fraction of sp³-hybridized carbons (Fsp3) is 0.250. The summed E-state index contributed by atoms with van der Waals surface area (Å²) in [5.74, 6) is 2.10. The van der Waals surface area contributed by atoms with E-state index in [1.165, 1.54) is 0 Å². The first-order valence-electron chi connectivity index (χ1n) is 6.46. The molecule has 0 heterocycles. The molecule has 4 heteroatoms. The summed E-state index contributed by atoms with van der Waals surface area (Å²) in [5.41, 5.74) is 7.61. The van der Waals surface area contributed by atoms with E-state index in [2.05, 4.69) is 0 Å². The quantitative estimate of drug-likeness (QED) is 0.649. The number of ether oxygens (including phenoxy) is 3. The van der Waals surface area contributed by atoms with Crippen LogP contribution in [0, 0.1) is 6.92 Å². The fourth-order valence-electron chi connectivity index (χ4n) is 1.82. The van der Waals surface area contributed by atoms with Crippen LogP contribution in [0.2, 0.25) is 0 Å². The van der Waals surface area contributed by atoms with Gasteiger partial charge in [0, 0.05) is 0 Å². The number of para-hydroxylation sites is 3. The van der Waals surface area contributed by atoms with Gasteiger partial charge in [0.25, 0.3) is 0 Å². The Bertz CT molecular complexity index is 569. The van der Waals surface area contributed by atoms with Gasteiger partial charge in [-0.25, -0.2) is 0 Å². The summed E-state index contributed by atoms with van der Waals surface area (Å²) in [7, 11) is 1.62. The largest absolute Gasteiger partial charge is 0.493 e. The first-order chi connectivity index (χ1) is 9.72. The Morgan fingerprint density at radius 1 is 0.850 bits per heavy atom. The Kier molecular flexibility index (Phi) is 4.71. The summed E-state index contributed by atoms with van der Waals surface area (Å²) in [4.78, 5) is 0. The Morgan fingerprint density at radius 2 is 1.45 bits per heavy atom. The minimum Gasteiger partial charge on any atom is -0.493 e. The van der Waals surface area contributed by atoms with Gasteiger partial charge in [-0.05, 0) is 30.7 Å². The van der Waals surface area contributed by atoms with Gasteiger partial charge in [-0.3, -0.25) is 0 Å². The van der Waals surface area contributed by atoms with Crippen molar-refractivity contribution in [1.29, 1.82) is 0 Å². The van der Waals surface area contributed by atoms with E-state index < -0.39 is 0 Å². The SMILES string of the molecule is COc1ccccc1OCCOc1cccc(C)c1N. The minimum atomic E-state index is 0.422. The Morgan fingerprint density at radius 3 is 2.15 bits per heavy atom. The average molecular weight is 273 g/mol. The second-order valence-corrected chi connectivity index (χ2v) is 4.33. The smallest absolute Gasteiger partial charge is 0.161 e. The molecule has 20 heavy (non-hydrogen) atoms. The van der Waals surface area contributed by atoms with Gasteiger partial charge in [0.2, 0.25) is 0 Å². The molecular formula is C16H19NO3. The number of rotatable bonds is 6. The lowest BCUT2D eigenvalue weighted by atomic mass is 10.2. The van der Waals surface area contributed by atoms with E-state index in [4.69, 9.17) is 19.9 Å². The van der Waals surface area contributed by atoms with E-state index in [1.807, 2.05) is 49.4 Å². The zero-order valence-electron chi connectivity index (χ0n) is 11.8. The van der Waals surface area contributed by atoms with E-state index in [1.54, 1.807) is 7.11 Å². The van der Waals surface area contributed by atoms with Crippen molar-refractivity contribution < 1.29 is 14.2 Å². The molecule has 0 aliphatic carbocycles. The van der Waals surface area contributed by atoms with Gasteiger partial charge in [-0.1, -0.05) is 24.3 Å². The van der Waals surface area contributed by atoms with Gasteiger partial charge in [-0.15, -0.1) is 0 Å². The van der Waals surface area contributed by atoms with Crippen LogP contribution in [0.3, 0.4) is 0 Å². The van der Waals surface area contributed by atoms with E-state index in [0.29, 0.717) is 36.1 Å². The maximum absolute atomic E-state index is 5.94. The zero-order chi connectivity index (χ0) is 14.4. The number of nitrogens with two attached hydrogens (primary N) is 1. The molecule has 0 aliphatic rings. The van der Waals surface area contributed by atoms with Gasteiger partial charge < -0.3 is 19.9 Å². The number of hydrogen-bond donors (Lipinski definition) is 1. The number of anilines is 1. The molecule has 0 fully saturated rings. The molecule has 0 aromatic heterocycles. The Hall–Kier alpha value is -2.36. The highest BCUT2D eigenvalue weighted by molar-refractivity contribution is 5.57. The van der Waals surface area contributed by atoms with Crippen LogP contribution < -0.4 is 19.9 Å². The molecule has 0 saturated heterocycles. The molecule has 0 bridgehead atoms. The van der Waals surface area contributed by atoms with Crippen molar-refractivity contribution in [1.82, 2.24) is 0 Å². The summed E-state index contributed by atoms with van der Waals surface area (Å²) < 4.78 is 16.5. The number of methoxy groups -OCH3 is 1. The summed E-state index contributed by atoms with van der Waals surface area (Å²) in [6, 6.07) is 13.2. The Balaban J connectivity index is 1.86. The van der Waals surface area contributed by atoms with E-state index >= 15 is 0 Å². The Labute approximate surface area is 119 Å². The number of hydrogen-bond acceptors (Lipinski definition) is 4. The lowest BCUT2D eigenvalue weighted by Gasteiger charge is -2.12. The number of aryl methyl sites for hydroxylation is 1. The van der Waals surface area contributed by atoms with Crippen molar-refractivity contribution in [3.63, 3.8) is 0 Å². The highest BCUT2D eigenvalue weighted by atomic mass is 16.5. The van der Waals surface area contributed by atoms with Gasteiger partial charge in [0.05, 0.1) is 12.8 Å². The van der Waals surface area contributed by atoms with Crippen LogP contribution in [0.15, 0.2) is 42.5 Å². The molecule has 0 atom stereocenters. The molecule has 0 radical (unpaired) electrons. The van der Waals surface area contributed by atoms with Crippen LogP contribution in [0.1, 0.15) is 5.56 Å². The third-order valence-electron chi connectivity index (χ3n) is 2.95. The predicted molar refractivity (Wildman–Crippen MR) is 79.6 cm³/mol. The highest BCUT2D eigenvalue weighted by Crippen LogP contribution is 2.26. The van der Waals surface area contributed by atoms with Crippen molar-refractivity contribution in [2.75, 3.05) is 26.1 Å². The van der Waals surface area contributed by atoms with E-state index in [-0.39, 0.29) is 0 Å². The topological polar surface area (TPSA) is 53.7 Å². The first kappa shape index (κ1) is 14.1. The van der Waals surface area contributed by atoms with Crippen molar-refractivity contribution in [2.24, 2.45) is 0 Å².